The van der Waals surface area contributed by atoms with Gasteiger partial charge >= 0.3 is 0 Å². The highest BCUT2D eigenvalue weighted by atomic mass is 16.5. The van der Waals surface area contributed by atoms with Gasteiger partial charge < -0.3 is 4.74 Å². The number of nitriles is 1. The molecule has 80 valence electrons. The number of hydrogen-bond acceptors (Lipinski definition) is 2. The number of para-hydroxylation sites is 1. The number of benzene rings is 1. The van der Waals surface area contributed by atoms with E-state index in [0.29, 0.717) is 6.42 Å². The molecule has 0 saturated heterocycles. The molecule has 0 N–H and O–H groups in total. The molecule has 0 spiro atoms. The van der Waals surface area contributed by atoms with Crippen LogP contribution in [0, 0.1) is 17.2 Å². The molecule has 0 radical (unpaired) electrons. The number of hydrogen-bond donors (Lipinski definition) is 0. The summed E-state index contributed by atoms with van der Waals surface area (Å²) < 4.78 is 5.70. The molecule has 0 aromatic heterocycles. The highest BCUT2D eigenvalue weighted by molar-refractivity contribution is 5.28. The topological polar surface area (TPSA) is 33.0 Å². The Kier molecular flexibility index (Phi) is 3.40. The molecule has 0 fully saturated rings. The molecule has 1 aromatic rings. The molecular weight excluding hydrogens is 198 g/mol. The van der Waals surface area contributed by atoms with Gasteiger partial charge in [0.1, 0.15) is 11.5 Å². The maximum absolute atomic E-state index is 8.65. The minimum Gasteiger partial charge on any atom is -0.458 e. The lowest BCUT2D eigenvalue weighted by molar-refractivity contribution is 0.430. The van der Waals surface area contributed by atoms with Crippen molar-refractivity contribution in [2.24, 2.45) is 5.92 Å². The van der Waals surface area contributed by atoms with E-state index in [1.54, 1.807) is 0 Å². The third-order valence-corrected chi connectivity index (χ3v) is 2.45. The maximum atomic E-state index is 8.65. The summed E-state index contributed by atoms with van der Waals surface area (Å²) in [7, 11) is 0. The van der Waals surface area contributed by atoms with Gasteiger partial charge in [0.2, 0.25) is 0 Å². The first kappa shape index (κ1) is 10.5. The second kappa shape index (κ2) is 5.18. The third-order valence-electron chi connectivity index (χ3n) is 2.45. The fourth-order valence-electron chi connectivity index (χ4n) is 1.67. The zero-order valence-corrected chi connectivity index (χ0v) is 8.97. The van der Waals surface area contributed by atoms with Gasteiger partial charge in [-0.25, -0.2) is 0 Å². The van der Waals surface area contributed by atoms with Crippen molar-refractivity contribution in [1.82, 2.24) is 0 Å². The molecule has 0 aliphatic heterocycles. The highest BCUT2D eigenvalue weighted by Crippen LogP contribution is 2.22. The third kappa shape index (κ3) is 2.74. The zero-order chi connectivity index (χ0) is 11.2. The van der Waals surface area contributed by atoms with Crippen LogP contribution in [0.2, 0.25) is 0 Å². The first-order chi connectivity index (χ1) is 7.88. The van der Waals surface area contributed by atoms with E-state index < -0.39 is 0 Å². The molecule has 16 heavy (non-hydrogen) atoms. The van der Waals surface area contributed by atoms with Gasteiger partial charge in [-0.15, -0.1) is 0 Å². The Balaban J connectivity index is 2.05. The van der Waals surface area contributed by atoms with Crippen LogP contribution >= 0.6 is 0 Å². The summed E-state index contributed by atoms with van der Waals surface area (Å²) in [6, 6.07) is 11.9. The van der Waals surface area contributed by atoms with Crippen LogP contribution in [0.5, 0.6) is 5.75 Å². The molecule has 0 unspecified atom stereocenters. The summed E-state index contributed by atoms with van der Waals surface area (Å²) in [5, 5.41) is 8.65. The number of ether oxygens (including phenoxy) is 1. The van der Waals surface area contributed by atoms with E-state index in [4.69, 9.17) is 10.00 Å². The van der Waals surface area contributed by atoms with Crippen LogP contribution in [0.4, 0.5) is 0 Å². The predicted molar refractivity (Wildman–Crippen MR) is 62.6 cm³/mol. The summed E-state index contributed by atoms with van der Waals surface area (Å²) in [5.41, 5.74) is 0. The van der Waals surface area contributed by atoms with Crippen LogP contribution in [0.3, 0.4) is 0 Å². The largest absolute Gasteiger partial charge is 0.458 e. The van der Waals surface area contributed by atoms with Crippen molar-refractivity contribution < 1.29 is 4.74 Å². The summed E-state index contributed by atoms with van der Waals surface area (Å²) >= 11 is 0. The predicted octanol–water partition coefficient (Wildman–Crippen LogP) is 3.44. The van der Waals surface area contributed by atoms with E-state index in [1.807, 2.05) is 42.5 Å². The van der Waals surface area contributed by atoms with Gasteiger partial charge in [0.15, 0.2) is 0 Å². The van der Waals surface area contributed by atoms with Gasteiger partial charge in [-0.1, -0.05) is 24.3 Å². The van der Waals surface area contributed by atoms with E-state index >= 15 is 0 Å². The molecule has 0 bridgehead atoms. The van der Waals surface area contributed by atoms with Crippen LogP contribution in [0.25, 0.3) is 0 Å². The monoisotopic (exact) mass is 211 g/mol. The Bertz CT molecular complexity index is 440. The van der Waals surface area contributed by atoms with E-state index in [9.17, 15) is 0 Å². The Morgan fingerprint density at radius 1 is 1.31 bits per heavy atom. The average Bonchev–Trinajstić information content (AvgIpc) is 2.31. The summed E-state index contributed by atoms with van der Waals surface area (Å²) in [6.45, 7) is 0. The minimum absolute atomic E-state index is 0.286. The van der Waals surface area contributed by atoms with Gasteiger partial charge in [-0.2, -0.15) is 5.26 Å². The molecule has 2 nitrogen and oxygen atoms in total. The van der Waals surface area contributed by atoms with Gasteiger partial charge in [0.25, 0.3) is 0 Å². The second-order valence-electron chi connectivity index (χ2n) is 3.74. The maximum Gasteiger partial charge on any atom is 0.127 e. The van der Waals surface area contributed by atoms with Crippen molar-refractivity contribution in [3.8, 4) is 11.8 Å². The molecule has 0 saturated carbocycles. The molecule has 0 amide bonds. The van der Waals surface area contributed by atoms with Crippen LogP contribution in [0.1, 0.15) is 12.8 Å². The first-order valence-electron chi connectivity index (χ1n) is 5.36. The lowest BCUT2D eigenvalue weighted by Gasteiger charge is -2.14. The standard InChI is InChI=1S/C14H13NO/c15-10-9-12-5-4-8-14(11-12)16-13-6-2-1-3-7-13/h1-4,6-8,11-12H,5,9H2/t12-/m1/s1. The zero-order valence-electron chi connectivity index (χ0n) is 8.97. The highest BCUT2D eigenvalue weighted by Gasteiger charge is 2.10. The SMILES string of the molecule is N#CC[C@@H]1C=C(Oc2ccccc2)C=CC1. The van der Waals surface area contributed by atoms with Crippen molar-refractivity contribution in [2.45, 2.75) is 12.8 Å². The Morgan fingerprint density at radius 2 is 2.12 bits per heavy atom. The van der Waals surface area contributed by atoms with E-state index in [-0.39, 0.29) is 5.92 Å². The van der Waals surface area contributed by atoms with E-state index in [1.165, 1.54) is 0 Å². The van der Waals surface area contributed by atoms with Crippen LogP contribution in [-0.2, 0) is 0 Å². The fraction of sp³-hybridized carbons (Fsp3) is 0.214. The Morgan fingerprint density at radius 3 is 2.88 bits per heavy atom. The number of rotatable bonds is 3. The van der Waals surface area contributed by atoms with Crippen molar-refractivity contribution in [1.29, 1.82) is 5.26 Å². The molecule has 1 aromatic carbocycles. The average molecular weight is 211 g/mol. The van der Waals surface area contributed by atoms with Crippen molar-refractivity contribution in [2.75, 3.05) is 0 Å². The second-order valence-corrected chi connectivity index (χ2v) is 3.74. The lowest BCUT2D eigenvalue weighted by atomic mass is 9.97. The van der Waals surface area contributed by atoms with Crippen LogP contribution < -0.4 is 4.74 Å². The molecule has 0 heterocycles. The fourth-order valence-corrected chi connectivity index (χ4v) is 1.67. The van der Waals surface area contributed by atoms with E-state index in [2.05, 4.69) is 12.1 Å². The normalized spacial score (nSPS) is 18.7. The van der Waals surface area contributed by atoms with Crippen molar-refractivity contribution in [3.05, 3.63) is 54.3 Å². The summed E-state index contributed by atoms with van der Waals surface area (Å²) in [5.74, 6) is 1.95. The quantitative estimate of drug-likeness (QED) is 0.767. The molecule has 1 atom stereocenters. The summed E-state index contributed by atoms with van der Waals surface area (Å²) in [4.78, 5) is 0. The Labute approximate surface area is 95.5 Å². The van der Waals surface area contributed by atoms with Gasteiger partial charge in [0.05, 0.1) is 6.07 Å². The van der Waals surface area contributed by atoms with E-state index in [0.717, 1.165) is 17.9 Å². The van der Waals surface area contributed by atoms with Crippen molar-refractivity contribution in [3.63, 3.8) is 0 Å². The molecule has 2 heteroatoms. The molecular formula is C14H13NO. The molecule has 2 rings (SSSR count). The van der Waals surface area contributed by atoms with Crippen LogP contribution in [-0.4, -0.2) is 0 Å². The van der Waals surface area contributed by atoms with Gasteiger partial charge in [-0.3, -0.25) is 0 Å². The number of nitrogens with zero attached hydrogens (tertiary/aromatic N) is 1. The van der Waals surface area contributed by atoms with Gasteiger partial charge in [0, 0.05) is 6.42 Å². The van der Waals surface area contributed by atoms with Crippen LogP contribution in [0.15, 0.2) is 54.3 Å². The molecule has 1 aliphatic rings. The van der Waals surface area contributed by atoms with Gasteiger partial charge in [-0.05, 0) is 36.6 Å². The first-order valence-corrected chi connectivity index (χ1v) is 5.36. The smallest absolute Gasteiger partial charge is 0.127 e. The molecule has 1 aliphatic carbocycles. The minimum atomic E-state index is 0.286. The number of allylic oxidation sites excluding steroid dienone is 3. The van der Waals surface area contributed by atoms with Crippen molar-refractivity contribution >= 4 is 0 Å². The lowest BCUT2D eigenvalue weighted by Crippen LogP contribution is -2.03. The Hall–Kier alpha value is -2.01. The summed E-state index contributed by atoms with van der Waals surface area (Å²) in [6.07, 6.45) is 7.51.